The first-order valence-corrected chi connectivity index (χ1v) is 8.13. The van der Waals surface area contributed by atoms with Crippen LogP contribution in [0.1, 0.15) is 5.56 Å². The molecule has 23 heavy (non-hydrogen) atoms. The van der Waals surface area contributed by atoms with Crippen LogP contribution in [0.4, 0.5) is 0 Å². The van der Waals surface area contributed by atoms with Crippen molar-refractivity contribution in [2.75, 3.05) is 32.7 Å². The van der Waals surface area contributed by atoms with Gasteiger partial charge in [0.2, 0.25) is 0 Å². The molecule has 1 aromatic carbocycles. The Morgan fingerprint density at radius 2 is 2.00 bits per heavy atom. The Morgan fingerprint density at radius 1 is 1.17 bits per heavy atom. The van der Waals surface area contributed by atoms with Crippen LogP contribution < -0.4 is 10.9 Å². The minimum Gasteiger partial charge on any atom is -0.350 e. The van der Waals surface area contributed by atoms with E-state index < -0.39 is 0 Å². The molecule has 0 bridgehead atoms. The Kier molecular flexibility index (Phi) is 3.63. The lowest BCUT2D eigenvalue weighted by molar-refractivity contribution is 0.228. The van der Waals surface area contributed by atoms with Crippen molar-refractivity contribution in [1.82, 2.24) is 25.0 Å². The normalized spacial score (nSPS) is 16.4. The fourth-order valence-electron chi connectivity index (χ4n) is 3.27. The first-order valence-electron chi connectivity index (χ1n) is 8.13. The lowest BCUT2D eigenvalue weighted by Gasteiger charge is -2.26. The zero-order chi connectivity index (χ0) is 15.8. The topological polar surface area (TPSA) is 66.0 Å². The van der Waals surface area contributed by atoms with Gasteiger partial charge in [0.05, 0.1) is 12.7 Å². The smallest absolute Gasteiger partial charge is 0.291 e. The summed E-state index contributed by atoms with van der Waals surface area (Å²) in [4.78, 5) is 18.3. The molecule has 4 rings (SSSR count). The average Bonchev–Trinajstić information content (AvgIpc) is 2.94. The highest BCUT2D eigenvalue weighted by molar-refractivity contribution is 6.06. The molecule has 0 radical (unpaired) electrons. The van der Waals surface area contributed by atoms with Crippen LogP contribution in [0.15, 0.2) is 29.2 Å². The molecule has 6 heteroatoms. The summed E-state index contributed by atoms with van der Waals surface area (Å²) in [5.74, 6) is 0. The molecule has 1 aliphatic rings. The van der Waals surface area contributed by atoms with Gasteiger partial charge in [-0.15, -0.1) is 0 Å². The molecule has 6 nitrogen and oxygen atoms in total. The maximum Gasteiger partial charge on any atom is 0.291 e. The molecule has 2 N–H and O–H groups in total. The second-order valence-electron chi connectivity index (χ2n) is 6.23. The van der Waals surface area contributed by atoms with Gasteiger partial charge in [-0.05, 0) is 19.1 Å². The van der Waals surface area contributed by atoms with Crippen LogP contribution in [0.25, 0.3) is 21.8 Å². The highest BCUT2D eigenvalue weighted by Crippen LogP contribution is 2.23. The zero-order valence-corrected chi connectivity index (χ0v) is 13.3. The van der Waals surface area contributed by atoms with Crippen LogP contribution in [0.5, 0.6) is 0 Å². The summed E-state index contributed by atoms with van der Waals surface area (Å²) in [5.41, 5.74) is 2.79. The molecule has 120 valence electrons. The minimum absolute atomic E-state index is 0.0357. The molecular weight excluding hydrogens is 290 g/mol. The van der Waals surface area contributed by atoms with Crippen molar-refractivity contribution in [3.05, 3.63) is 40.3 Å². The van der Waals surface area contributed by atoms with Crippen molar-refractivity contribution in [3.8, 4) is 0 Å². The van der Waals surface area contributed by atoms with Crippen LogP contribution in [0, 0.1) is 6.92 Å². The van der Waals surface area contributed by atoms with E-state index in [-0.39, 0.29) is 5.56 Å². The van der Waals surface area contributed by atoms with Crippen molar-refractivity contribution in [2.45, 2.75) is 13.5 Å². The quantitative estimate of drug-likeness (QED) is 0.760. The van der Waals surface area contributed by atoms with Gasteiger partial charge in [-0.2, -0.15) is 5.10 Å². The number of aromatic amines is 1. The molecule has 0 atom stereocenters. The number of aryl methyl sites for hydroxylation is 1. The fraction of sp³-hybridized carbons (Fsp3) is 0.412. The predicted octanol–water partition coefficient (Wildman–Crippen LogP) is 1.09. The summed E-state index contributed by atoms with van der Waals surface area (Å²) in [7, 11) is 0. The second-order valence-corrected chi connectivity index (χ2v) is 6.23. The molecule has 3 heterocycles. The summed E-state index contributed by atoms with van der Waals surface area (Å²) in [5, 5.41) is 9.70. The Labute approximate surface area is 134 Å². The Bertz CT molecular complexity index is 904. The van der Waals surface area contributed by atoms with Crippen LogP contribution in [-0.4, -0.2) is 52.4 Å². The number of hydrogen-bond acceptors (Lipinski definition) is 4. The molecular formula is C17H21N5O. The summed E-state index contributed by atoms with van der Waals surface area (Å²) in [6.45, 7) is 7.64. The first kappa shape index (κ1) is 14.4. The van der Waals surface area contributed by atoms with E-state index in [1.54, 1.807) is 4.68 Å². The van der Waals surface area contributed by atoms with E-state index in [1.807, 2.05) is 18.3 Å². The Morgan fingerprint density at radius 3 is 2.83 bits per heavy atom. The summed E-state index contributed by atoms with van der Waals surface area (Å²) in [6.07, 6.45) is 1.81. The number of fused-ring (bicyclic) bond motifs is 3. The molecule has 2 aromatic heterocycles. The molecule has 0 spiro atoms. The van der Waals surface area contributed by atoms with Gasteiger partial charge < -0.3 is 10.3 Å². The maximum absolute atomic E-state index is 12.7. The predicted molar refractivity (Wildman–Crippen MR) is 91.9 cm³/mol. The molecule has 1 fully saturated rings. The van der Waals surface area contributed by atoms with Gasteiger partial charge in [0.1, 0.15) is 5.52 Å². The van der Waals surface area contributed by atoms with Crippen LogP contribution in [0.2, 0.25) is 0 Å². The fourth-order valence-corrected chi connectivity index (χ4v) is 3.27. The van der Waals surface area contributed by atoms with Crippen molar-refractivity contribution < 1.29 is 0 Å². The number of nitrogens with one attached hydrogen (secondary N) is 2. The third kappa shape index (κ3) is 2.64. The number of nitrogens with zero attached hydrogens (tertiary/aromatic N) is 3. The van der Waals surface area contributed by atoms with E-state index in [4.69, 9.17) is 0 Å². The van der Waals surface area contributed by atoms with Crippen LogP contribution >= 0.6 is 0 Å². The highest BCUT2D eigenvalue weighted by atomic mass is 16.1. The van der Waals surface area contributed by atoms with Gasteiger partial charge in [0.15, 0.2) is 0 Å². The lowest BCUT2D eigenvalue weighted by Crippen LogP contribution is -2.45. The molecule has 0 saturated carbocycles. The van der Waals surface area contributed by atoms with E-state index >= 15 is 0 Å². The van der Waals surface area contributed by atoms with E-state index in [0.29, 0.717) is 12.1 Å². The standard InChI is InChI=1S/C17H21N5O/c1-12-2-3-15-13(10-12)14-11-19-22(17(23)16(14)20-15)9-8-21-6-4-18-5-7-21/h2-3,10-11,18,20H,4-9H2,1H3. The monoisotopic (exact) mass is 311 g/mol. The summed E-state index contributed by atoms with van der Waals surface area (Å²) < 4.78 is 1.58. The van der Waals surface area contributed by atoms with E-state index in [0.717, 1.165) is 49.0 Å². The van der Waals surface area contributed by atoms with E-state index in [2.05, 4.69) is 33.3 Å². The molecule has 0 unspecified atom stereocenters. The van der Waals surface area contributed by atoms with Gasteiger partial charge in [0.25, 0.3) is 5.56 Å². The molecule has 3 aromatic rings. The number of hydrogen-bond donors (Lipinski definition) is 2. The van der Waals surface area contributed by atoms with Crippen molar-refractivity contribution in [3.63, 3.8) is 0 Å². The van der Waals surface area contributed by atoms with Crippen LogP contribution in [-0.2, 0) is 6.54 Å². The molecule has 0 aliphatic carbocycles. The molecule has 0 amide bonds. The second kappa shape index (κ2) is 5.79. The number of rotatable bonds is 3. The first-order chi connectivity index (χ1) is 11.2. The third-order valence-corrected chi connectivity index (χ3v) is 4.61. The third-order valence-electron chi connectivity index (χ3n) is 4.61. The maximum atomic E-state index is 12.7. The summed E-state index contributed by atoms with van der Waals surface area (Å²) >= 11 is 0. The Hall–Kier alpha value is -2.18. The van der Waals surface area contributed by atoms with Crippen molar-refractivity contribution in [2.24, 2.45) is 0 Å². The van der Waals surface area contributed by atoms with Gasteiger partial charge in [-0.1, -0.05) is 11.6 Å². The van der Waals surface area contributed by atoms with Crippen molar-refractivity contribution >= 4 is 21.8 Å². The van der Waals surface area contributed by atoms with Crippen LogP contribution in [0.3, 0.4) is 0 Å². The minimum atomic E-state index is -0.0357. The van der Waals surface area contributed by atoms with Gasteiger partial charge >= 0.3 is 0 Å². The van der Waals surface area contributed by atoms with Gasteiger partial charge in [-0.25, -0.2) is 4.68 Å². The van der Waals surface area contributed by atoms with Gasteiger partial charge in [-0.3, -0.25) is 9.69 Å². The van der Waals surface area contributed by atoms with Gasteiger partial charge in [0, 0.05) is 49.0 Å². The van der Waals surface area contributed by atoms with E-state index in [9.17, 15) is 4.79 Å². The lowest BCUT2D eigenvalue weighted by atomic mass is 10.1. The van der Waals surface area contributed by atoms with E-state index in [1.165, 1.54) is 5.56 Å². The Balaban J connectivity index is 1.67. The number of H-pyrrole nitrogens is 1. The zero-order valence-electron chi connectivity index (χ0n) is 13.3. The van der Waals surface area contributed by atoms with Crippen molar-refractivity contribution in [1.29, 1.82) is 0 Å². The SMILES string of the molecule is Cc1ccc2[nH]c3c(=O)n(CCN4CCNCC4)ncc3c2c1. The molecule has 1 saturated heterocycles. The molecule has 1 aliphatic heterocycles. The average molecular weight is 311 g/mol. The highest BCUT2D eigenvalue weighted by Gasteiger charge is 2.13. The largest absolute Gasteiger partial charge is 0.350 e. The number of aromatic nitrogens is 3. The number of benzene rings is 1. The number of piperazine rings is 1. The summed E-state index contributed by atoms with van der Waals surface area (Å²) in [6, 6.07) is 6.17.